The largest absolute Gasteiger partial charge is 0.370 e. The third kappa shape index (κ3) is 3.55. The van der Waals surface area contributed by atoms with Gasteiger partial charge in [-0.1, -0.05) is 6.92 Å². The fraction of sp³-hybridized carbons (Fsp3) is 0.462. The van der Waals surface area contributed by atoms with Crippen LogP contribution >= 0.6 is 0 Å². The van der Waals surface area contributed by atoms with E-state index in [1.165, 1.54) is 0 Å². The van der Waals surface area contributed by atoms with Gasteiger partial charge in [0.2, 0.25) is 0 Å². The first-order valence-electron chi connectivity index (χ1n) is 6.34. The molecule has 0 amide bonds. The number of hydrogen-bond acceptors (Lipinski definition) is 4. The van der Waals surface area contributed by atoms with Gasteiger partial charge >= 0.3 is 0 Å². The lowest BCUT2D eigenvalue weighted by atomic mass is 10.3. The van der Waals surface area contributed by atoms with Crippen LogP contribution in [0.3, 0.4) is 0 Å². The van der Waals surface area contributed by atoms with Crippen molar-refractivity contribution in [1.29, 1.82) is 0 Å². The lowest BCUT2D eigenvalue weighted by Gasteiger charge is -2.07. The van der Waals surface area contributed by atoms with E-state index in [2.05, 4.69) is 32.2 Å². The topological polar surface area (TPSA) is 66.5 Å². The van der Waals surface area contributed by atoms with E-state index in [9.17, 15) is 0 Å². The second-order valence-corrected chi connectivity index (χ2v) is 4.21. The van der Waals surface area contributed by atoms with Crippen molar-refractivity contribution in [1.82, 2.24) is 19.9 Å². The van der Waals surface area contributed by atoms with Crippen molar-refractivity contribution in [3.05, 3.63) is 35.8 Å². The van der Waals surface area contributed by atoms with E-state index in [0.717, 1.165) is 49.0 Å². The van der Waals surface area contributed by atoms with E-state index in [-0.39, 0.29) is 0 Å². The molecule has 2 aromatic heterocycles. The maximum Gasteiger partial charge on any atom is 0.129 e. The first-order valence-corrected chi connectivity index (χ1v) is 6.34. The molecule has 5 heteroatoms. The fourth-order valence-electron chi connectivity index (χ4n) is 1.81. The summed E-state index contributed by atoms with van der Waals surface area (Å²) < 4.78 is 0. The quantitative estimate of drug-likeness (QED) is 0.765. The van der Waals surface area contributed by atoms with Gasteiger partial charge in [0.05, 0.1) is 0 Å². The van der Waals surface area contributed by atoms with Crippen LogP contribution in [0.5, 0.6) is 0 Å². The Morgan fingerprint density at radius 2 is 2.22 bits per heavy atom. The minimum absolute atomic E-state index is 0.822. The zero-order valence-corrected chi connectivity index (χ0v) is 10.9. The average molecular weight is 245 g/mol. The molecule has 96 valence electrons. The molecule has 18 heavy (non-hydrogen) atoms. The molecule has 2 rings (SSSR count). The molecular formula is C13H19N5. The highest BCUT2D eigenvalue weighted by Crippen LogP contribution is 2.07. The Hall–Kier alpha value is -1.91. The Morgan fingerprint density at radius 3 is 2.94 bits per heavy atom. The molecule has 0 saturated carbocycles. The molecular weight excluding hydrogens is 226 g/mol. The van der Waals surface area contributed by atoms with Crippen molar-refractivity contribution in [2.45, 2.75) is 33.1 Å². The third-order valence-electron chi connectivity index (χ3n) is 2.70. The molecule has 2 heterocycles. The summed E-state index contributed by atoms with van der Waals surface area (Å²) in [6.07, 6.45) is 6.54. The Bertz CT molecular complexity index is 478. The summed E-state index contributed by atoms with van der Waals surface area (Å²) in [5, 5.41) is 3.33. The highest BCUT2D eigenvalue weighted by molar-refractivity contribution is 5.35. The lowest BCUT2D eigenvalue weighted by molar-refractivity contribution is 0.811. The summed E-state index contributed by atoms with van der Waals surface area (Å²) in [6.45, 7) is 4.91. The van der Waals surface area contributed by atoms with Crippen LogP contribution in [0.15, 0.2) is 18.5 Å². The fourth-order valence-corrected chi connectivity index (χ4v) is 1.81. The number of rotatable bonds is 6. The van der Waals surface area contributed by atoms with Crippen molar-refractivity contribution in [3.8, 4) is 0 Å². The highest BCUT2D eigenvalue weighted by atomic mass is 15.0. The highest BCUT2D eigenvalue weighted by Gasteiger charge is 2.00. The molecule has 0 spiro atoms. The third-order valence-corrected chi connectivity index (χ3v) is 2.70. The molecule has 0 unspecified atom stereocenters. The molecule has 0 aromatic carbocycles. The molecule has 2 N–H and O–H groups in total. The first kappa shape index (κ1) is 12.5. The predicted octanol–water partition coefficient (Wildman–Crippen LogP) is 2.12. The first-order chi connectivity index (χ1) is 8.78. The van der Waals surface area contributed by atoms with E-state index in [0.29, 0.717) is 0 Å². The van der Waals surface area contributed by atoms with Crippen LogP contribution in [0.4, 0.5) is 5.82 Å². The van der Waals surface area contributed by atoms with Crippen LogP contribution in [-0.4, -0.2) is 26.5 Å². The van der Waals surface area contributed by atoms with Gasteiger partial charge in [-0.3, -0.25) is 0 Å². The second-order valence-electron chi connectivity index (χ2n) is 4.21. The van der Waals surface area contributed by atoms with Gasteiger partial charge in [-0.25, -0.2) is 15.0 Å². The SMILES string of the molecule is CCc1cc(NCCCc2ncc[nH]2)nc(C)n1. The Balaban J connectivity index is 1.81. The van der Waals surface area contributed by atoms with Crippen LogP contribution in [0.25, 0.3) is 0 Å². The van der Waals surface area contributed by atoms with Crippen LogP contribution < -0.4 is 5.32 Å². The van der Waals surface area contributed by atoms with E-state index in [4.69, 9.17) is 0 Å². The predicted molar refractivity (Wildman–Crippen MR) is 71.5 cm³/mol. The van der Waals surface area contributed by atoms with Gasteiger partial charge in [0.1, 0.15) is 17.5 Å². The van der Waals surface area contributed by atoms with Gasteiger partial charge in [0, 0.05) is 37.1 Å². The number of imidazole rings is 1. The molecule has 0 radical (unpaired) electrons. The molecule has 0 aliphatic carbocycles. The van der Waals surface area contributed by atoms with Crippen molar-refractivity contribution >= 4 is 5.82 Å². The van der Waals surface area contributed by atoms with Gasteiger partial charge in [-0.05, 0) is 19.8 Å². The van der Waals surface area contributed by atoms with E-state index in [1.807, 2.05) is 19.2 Å². The number of anilines is 1. The molecule has 0 aliphatic heterocycles. The number of aromatic amines is 1. The van der Waals surface area contributed by atoms with Gasteiger partial charge in [0.15, 0.2) is 0 Å². The number of nitrogens with one attached hydrogen (secondary N) is 2. The molecule has 0 fully saturated rings. The summed E-state index contributed by atoms with van der Waals surface area (Å²) in [6, 6.07) is 2.01. The molecule has 2 aromatic rings. The van der Waals surface area contributed by atoms with E-state index >= 15 is 0 Å². The number of aromatic nitrogens is 4. The number of aryl methyl sites for hydroxylation is 3. The Kier molecular flexibility index (Phi) is 4.28. The average Bonchev–Trinajstić information content (AvgIpc) is 2.87. The van der Waals surface area contributed by atoms with Crippen molar-refractivity contribution in [2.24, 2.45) is 0 Å². The summed E-state index contributed by atoms with van der Waals surface area (Å²) in [5.74, 6) is 2.77. The van der Waals surface area contributed by atoms with Crippen molar-refractivity contribution in [3.63, 3.8) is 0 Å². The normalized spacial score (nSPS) is 10.6. The molecule has 0 atom stereocenters. The maximum atomic E-state index is 4.37. The van der Waals surface area contributed by atoms with Crippen molar-refractivity contribution < 1.29 is 0 Å². The van der Waals surface area contributed by atoms with Crippen LogP contribution in [0.1, 0.15) is 30.7 Å². The smallest absolute Gasteiger partial charge is 0.129 e. The zero-order valence-electron chi connectivity index (χ0n) is 10.9. The second kappa shape index (κ2) is 6.14. The van der Waals surface area contributed by atoms with Gasteiger partial charge in [0.25, 0.3) is 0 Å². The number of nitrogens with zero attached hydrogens (tertiary/aromatic N) is 3. The van der Waals surface area contributed by atoms with Gasteiger partial charge in [-0.2, -0.15) is 0 Å². The van der Waals surface area contributed by atoms with Gasteiger partial charge < -0.3 is 10.3 Å². The minimum Gasteiger partial charge on any atom is -0.370 e. The summed E-state index contributed by atoms with van der Waals surface area (Å²) >= 11 is 0. The van der Waals surface area contributed by atoms with E-state index < -0.39 is 0 Å². The Morgan fingerprint density at radius 1 is 1.33 bits per heavy atom. The summed E-state index contributed by atoms with van der Waals surface area (Å²) in [5.41, 5.74) is 1.08. The zero-order chi connectivity index (χ0) is 12.8. The van der Waals surface area contributed by atoms with Crippen molar-refractivity contribution in [2.75, 3.05) is 11.9 Å². The maximum absolute atomic E-state index is 4.37. The van der Waals surface area contributed by atoms with Crippen LogP contribution in [-0.2, 0) is 12.8 Å². The van der Waals surface area contributed by atoms with Crippen LogP contribution in [0.2, 0.25) is 0 Å². The molecule has 0 bridgehead atoms. The summed E-state index contributed by atoms with van der Waals surface area (Å²) in [7, 11) is 0. The van der Waals surface area contributed by atoms with Crippen LogP contribution in [0, 0.1) is 6.92 Å². The molecule has 0 aliphatic rings. The number of H-pyrrole nitrogens is 1. The Labute approximate surface area is 107 Å². The number of hydrogen-bond donors (Lipinski definition) is 2. The minimum atomic E-state index is 0.822. The lowest BCUT2D eigenvalue weighted by Crippen LogP contribution is -2.07. The molecule has 5 nitrogen and oxygen atoms in total. The van der Waals surface area contributed by atoms with E-state index in [1.54, 1.807) is 6.20 Å². The monoisotopic (exact) mass is 245 g/mol. The standard InChI is InChI=1S/C13H19N5/c1-3-11-9-13(18-10(2)17-11)14-6-4-5-12-15-7-8-16-12/h7-9H,3-6H2,1-2H3,(H,15,16)(H,14,17,18). The molecule has 0 saturated heterocycles. The summed E-state index contributed by atoms with van der Waals surface area (Å²) in [4.78, 5) is 16.0. The van der Waals surface area contributed by atoms with Gasteiger partial charge in [-0.15, -0.1) is 0 Å².